The second-order valence-corrected chi connectivity index (χ2v) is 10.3. The average molecular weight is 515 g/mol. The van der Waals surface area contributed by atoms with Crippen LogP contribution in [-0.4, -0.2) is 69.8 Å². The van der Waals surface area contributed by atoms with Crippen LogP contribution in [0.1, 0.15) is 41.2 Å². The van der Waals surface area contributed by atoms with Crippen molar-refractivity contribution in [2.45, 2.75) is 32.8 Å². The molecular formula is C30H34N4O4. The van der Waals surface area contributed by atoms with Gasteiger partial charge in [-0.1, -0.05) is 24.3 Å². The molecule has 1 N–H and O–H groups in total. The van der Waals surface area contributed by atoms with Crippen LogP contribution in [0.15, 0.2) is 60.7 Å². The van der Waals surface area contributed by atoms with E-state index < -0.39 is 5.60 Å². The van der Waals surface area contributed by atoms with E-state index in [-0.39, 0.29) is 12.2 Å². The molecule has 3 heterocycles. The number of aryl methyl sites for hydroxylation is 1. The van der Waals surface area contributed by atoms with Gasteiger partial charge in [-0.2, -0.15) is 5.10 Å². The highest BCUT2D eigenvalue weighted by atomic mass is 16.5. The zero-order valence-electron chi connectivity index (χ0n) is 22.2. The van der Waals surface area contributed by atoms with Crippen LogP contribution < -0.4 is 4.74 Å². The van der Waals surface area contributed by atoms with Crippen LogP contribution in [0.2, 0.25) is 0 Å². The van der Waals surface area contributed by atoms with Crippen LogP contribution in [0.4, 0.5) is 0 Å². The number of aliphatic hydroxyl groups is 1. The number of Topliss-reactive ketones (excluding diaryl/α,β-unsaturated/α-hetero) is 1. The van der Waals surface area contributed by atoms with Gasteiger partial charge in [0.25, 0.3) is 0 Å². The van der Waals surface area contributed by atoms with Gasteiger partial charge in [0.15, 0.2) is 11.4 Å². The molecule has 8 nitrogen and oxygen atoms in total. The Hall–Kier alpha value is -3.59. The molecule has 0 radical (unpaired) electrons. The van der Waals surface area contributed by atoms with Crippen molar-refractivity contribution in [3.8, 4) is 17.0 Å². The fourth-order valence-corrected chi connectivity index (χ4v) is 4.61. The topological polar surface area (TPSA) is 89.2 Å². The minimum absolute atomic E-state index is 0.0321. The Labute approximate surface area is 222 Å². The lowest BCUT2D eigenvalue weighted by Crippen LogP contribution is -2.38. The smallest absolute Gasteiger partial charge is 0.168 e. The number of fused-ring (bicyclic) bond motifs is 1. The predicted molar refractivity (Wildman–Crippen MR) is 146 cm³/mol. The number of rotatable bonds is 9. The molecule has 0 bridgehead atoms. The van der Waals surface area contributed by atoms with Gasteiger partial charge < -0.3 is 14.6 Å². The molecule has 1 saturated heterocycles. The summed E-state index contributed by atoms with van der Waals surface area (Å²) in [7, 11) is 0. The van der Waals surface area contributed by atoms with Gasteiger partial charge in [0, 0.05) is 36.8 Å². The Kier molecular flexibility index (Phi) is 7.56. The van der Waals surface area contributed by atoms with Crippen molar-refractivity contribution in [3.05, 3.63) is 83.2 Å². The zero-order chi connectivity index (χ0) is 26.7. The maximum Gasteiger partial charge on any atom is 0.168 e. The molecule has 0 amide bonds. The van der Waals surface area contributed by atoms with E-state index in [4.69, 9.17) is 14.5 Å². The van der Waals surface area contributed by atoms with Crippen molar-refractivity contribution in [1.82, 2.24) is 19.5 Å². The first-order valence-corrected chi connectivity index (χ1v) is 13.0. The molecule has 2 aromatic heterocycles. The van der Waals surface area contributed by atoms with Crippen LogP contribution in [0.5, 0.6) is 5.75 Å². The largest absolute Gasteiger partial charge is 0.492 e. The number of ether oxygens (including phenoxy) is 2. The van der Waals surface area contributed by atoms with E-state index in [2.05, 4.69) is 10.00 Å². The Morgan fingerprint density at radius 1 is 1.05 bits per heavy atom. The Morgan fingerprint density at radius 2 is 1.76 bits per heavy atom. The highest BCUT2D eigenvalue weighted by Gasteiger charge is 2.18. The number of aromatic nitrogens is 3. The van der Waals surface area contributed by atoms with Gasteiger partial charge >= 0.3 is 0 Å². The molecule has 1 fully saturated rings. The second-order valence-electron chi connectivity index (χ2n) is 10.3. The lowest BCUT2D eigenvalue weighted by Gasteiger charge is -2.26. The summed E-state index contributed by atoms with van der Waals surface area (Å²) in [6.07, 6.45) is 0.165. The third-order valence-corrected chi connectivity index (χ3v) is 6.79. The Bertz CT molecular complexity index is 1400. The van der Waals surface area contributed by atoms with Gasteiger partial charge in [0.2, 0.25) is 0 Å². The van der Waals surface area contributed by atoms with Crippen LogP contribution in [-0.2, 0) is 16.8 Å². The molecule has 1 aliphatic heterocycles. The number of hydrogen-bond acceptors (Lipinski definition) is 7. The van der Waals surface area contributed by atoms with Crippen LogP contribution in [0.3, 0.4) is 0 Å². The molecular weight excluding hydrogens is 480 g/mol. The highest BCUT2D eigenvalue weighted by Crippen LogP contribution is 2.25. The van der Waals surface area contributed by atoms with Crippen molar-refractivity contribution in [2.75, 3.05) is 39.5 Å². The summed E-state index contributed by atoms with van der Waals surface area (Å²) in [5.74, 6) is 0.782. The van der Waals surface area contributed by atoms with E-state index in [1.165, 1.54) is 0 Å². The van der Waals surface area contributed by atoms with E-state index in [9.17, 15) is 9.90 Å². The molecule has 0 saturated carbocycles. The Balaban J connectivity index is 1.32. The molecule has 0 spiro atoms. The standard InChI is InChI=1S/C30H34N4O4/c1-21-18-29-31-25(20-28(35)23-4-8-24(9-5-23)30(2,3)36)19-27(34(29)32-21)22-6-10-26(11-7-22)38-17-14-33-12-15-37-16-13-33/h4-11,18-19,36H,12-17,20H2,1-3H3. The van der Waals surface area contributed by atoms with Gasteiger partial charge in [0.1, 0.15) is 12.4 Å². The molecule has 0 aliphatic carbocycles. The van der Waals surface area contributed by atoms with Crippen molar-refractivity contribution >= 4 is 11.4 Å². The molecule has 38 heavy (non-hydrogen) atoms. The maximum atomic E-state index is 13.1. The van der Waals surface area contributed by atoms with E-state index >= 15 is 0 Å². The summed E-state index contributed by atoms with van der Waals surface area (Å²) < 4.78 is 13.2. The first kappa shape index (κ1) is 26.0. The van der Waals surface area contributed by atoms with Gasteiger partial charge in [0.05, 0.1) is 42.3 Å². The number of carbonyl (C=O) groups excluding carboxylic acids is 1. The molecule has 4 aromatic rings. The average Bonchev–Trinajstić information content (AvgIpc) is 3.29. The SMILES string of the molecule is Cc1cc2nc(CC(=O)c3ccc(C(C)(C)O)cc3)cc(-c3ccc(OCCN4CCOCC4)cc3)n2n1. The van der Waals surface area contributed by atoms with Crippen molar-refractivity contribution in [2.24, 2.45) is 0 Å². The van der Waals surface area contributed by atoms with Gasteiger partial charge in [-0.3, -0.25) is 9.69 Å². The number of hydrogen-bond donors (Lipinski definition) is 1. The van der Waals surface area contributed by atoms with Gasteiger partial charge in [-0.15, -0.1) is 0 Å². The van der Waals surface area contributed by atoms with Crippen LogP contribution in [0, 0.1) is 6.92 Å². The van der Waals surface area contributed by atoms with Crippen molar-refractivity contribution in [3.63, 3.8) is 0 Å². The number of nitrogens with zero attached hydrogens (tertiary/aromatic N) is 4. The number of benzene rings is 2. The first-order valence-electron chi connectivity index (χ1n) is 13.0. The molecule has 198 valence electrons. The third kappa shape index (κ3) is 6.10. The van der Waals surface area contributed by atoms with Crippen LogP contribution in [0.25, 0.3) is 16.9 Å². The maximum absolute atomic E-state index is 13.1. The minimum Gasteiger partial charge on any atom is -0.492 e. The lowest BCUT2D eigenvalue weighted by atomic mass is 9.96. The molecule has 2 aromatic carbocycles. The van der Waals surface area contributed by atoms with Gasteiger partial charge in [-0.05, 0) is 56.7 Å². The van der Waals surface area contributed by atoms with Crippen molar-refractivity contribution in [1.29, 1.82) is 0 Å². The molecule has 0 atom stereocenters. The van der Waals surface area contributed by atoms with Crippen LogP contribution >= 0.6 is 0 Å². The predicted octanol–water partition coefficient (Wildman–Crippen LogP) is 4.07. The fourth-order valence-electron chi connectivity index (χ4n) is 4.61. The lowest BCUT2D eigenvalue weighted by molar-refractivity contribution is 0.0322. The number of carbonyl (C=O) groups is 1. The monoisotopic (exact) mass is 514 g/mol. The zero-order valence-corrected chi connectivity index (χ0v) is 22.2. The quantitative estimate of drug-likeness (QED) is 0.337. The third-order valence-electron chi connectivity index (χ3n) is 6.79. The van der Waals surface area contributed by atoms with E-state index in [0.29, 0.717) is 23.5 Å². The van der Waals surface area contributed by atoms with Gasteiger partial charge in [-0.25, -0.2) is 9.50 Å². The Morgan fingerprint density at radius 3 is 2.45 bits per heavy atom. The normalized spacial score (nSPS) is 14.6. The van der Waals surface area contributed by atoms with E-state index in [1.54, 1.807) is 38.1 Å². The fraction of sp³-hybridized carbons (Fsp3) is 0.367. The molecule has 5 rings (SSSR count). The van der Waals surface area contributed by atoms with Crippen molar-refractivity contribution < 1.29 is 19.4 Å². The molecule has 0 unspecified atom stereocenters. The molecule has 1 aliphatic rings. The second kappa shape index (κ2) is 11.0. The number of morpholine rings is 1. The molecule has 8 heteroatoms. The number of ketones is 1. The first-order chi connectivity index (χ1) is 18.3. The van der Waals surface area contributed by atoms with E-state index in [0.717, 1.165) is 61.1 Å². The summed E-state index contributed by atoms with van der Waals surface area (Å²) in [6, 6.07) is 18.9. The summed E-state index contributed by atoms with van der Waals surface area (Å²) in [5, 5.41) is 14.8. The summed E-state index contributed by atoms with van der Waals surface area (Å²) in [6.45, 7) is 10.3. The summed E-state index contributed by atoms with van der Waals surface area (Å²) in [5.41, 5.74) is 4.45. The summed E-state index contributed by atoms with van der Waals surface area (Å²) >= 11 is 0. The minimum atomic E-state index is -0.952. The highest BCUT2D eigenvalue weighted by molar-refractivity contribution is 5.97. The summed E-state index contributed by atoms with van der Waals surface area (Å²) in [4.78, 5) is 20.1. The van der Waals surface area contributed by atoms with E-state index in [1.807, 2.05) is 47.8 Å².